The normalized spacial score (nSPS) is 9.84. The van der Waals surface area contributed by atoms with Crippen molar-refractivity contribution < 1.29 is 23.1 Å². The number of nitrogens with one attached hydrogen (secondary N) is 2. The van der Waals surface area contributed by atoms with E-state index in [1.807, 2.05) is 0 Å². The van der Waals surface area contributed by atoms with Crippen LogP contribution in [0.5, 0.6) is 0 Å². The quantitative estimate of drug-likeness (QED) is 0.636. The van der Waals surface area contributed by atoms with Crippen LogP contribution in [0.25, 0.3) is 0 Å². The molecule has 0 spiro atoms. The van der Waals surface area contributed by atoms with Gasteiger partial charge < -0.3 is 15.4 Å². The molecule has 0 heterocycles. The Balaban J connectivity index is 2.35. The van der Waals surface area contributed by atoms with Gasteiger partial charge >= 0.3 is 12.0 Å². The molecule has 2 N–H and O–H groups in total. The highest BCUT2D eigenvalue weighted by molar-refractivity contribution is 5.89. The Labute approximate surface area is 108 Å². The largest absolute Gasteiger partial charge is 0.469 e. The number of urea groups is 1. The van der Waals surface area contributed by atoms with Gasteiger partial charge in [0.25, 0.3) is 0 Å². The van der Waals surface area contributed by atoms with E-state index in [-0.39, 0.29) is 24.6 Å². The first-order valence-electron chi connectivity index (χ1n) is 5.59. The number of carbonyl (C=O) groups excluding carboxylic acids is 2. The molecule has 0 radical (unpaired) electrons. The van der Waals surface area contributed by atoms with Gasteiger partial charge in [0.15, 0.2) is 0 Å². The van der Waals surface area contributed by atoms with Gasteiger partial charge in [0.05, 0.1) is 12.8 Å². The van der Waals surface area contributed by atoms with E-state index in [0.717, 1.165) is 18.2 Å². The van der Waals surface area contributed by atoms with E-state index >= 15 is 0 Å². The summed E-state index contributed by atoms with van der Waals surface area (Å²) >= 11 is 0. The highest BCUT2D eigenvalue weighted by Gasteiger charge is 2.08. The predicted octanol–water partition coefficient (Wildman–Crippen LogP) is 2.04. The van der Waals surface area contributed by atoms with E-state index < -0.39 is 17.7 Å². The zero-order valence-electron chi connectivity index (χ0n) is 10.3. The second kappa shape index (κ2) is 7.30. The third kappa shape index (κ3) is 5.33. The van der Waals surface area contributed by atoms with Crippen LogP contribution >= 0.6 is 0 Å². The van der Waals surface area contributed by atoms with Crippen molar-refractivity contribution >= 4 is 17.7 Å². The van der Waals surface area contributed by atoms with Gasteiger partial charge in [0.1, 0.15) is 11.6 Å². The number of hydrogen-bond donors (Lipinski definition) is 2. The van der Waals surface area contributed by atoms with Crippen molar-refractivity contribution in [3.05, 3.63) is 29.8 Å². The number of halogens is 2. The Bertz CT molecular complexity index is 466. The molecule has 1 aromatic rings. The highest BCUT2D eigenvalue weighted by atomic mass is 19.1. The number of hydrogen-bond acceptors (Lipinski definition) is 3. The van der Waals surface area contributed by atoms with Crippen molar-refractivity contribution in [3.63, 3.8) is 0 Å². The summed E-state index contributed by atoms with van der Waals surface area (Å²) in [6, 6.07) is 2.08. The molecule has 0 unspecified atom stereocenters. The Morgan fingerprint density at radius 3 is 2.74 bits per heavy atom. The van der Waals surface area contributed by atoms with Crippen LogP contribution in [0, 0.1) is 11.6 Å². The maximum atomic E-state index is 13.2. The fourth-order valence-corrected chi connectivity index (χ4v) is 1.30. The molecule has 0 aromatic heterocycles. The summed E-state index contributed by atoms with van der Waals surface area (Å²) in [7, 11) is 1.27. The minimum atomic E-state index is -0.730. The van der Waals surface area contributed by atoms with Crippen LogP contribution in [0.4, 0.5) is 19.3 Å². The molecule has 0 bridgehead atoms. The fourth-order valence-electron chi connectivity index (χ4n) is 1.30. The molecule has 5 nitrogen and oxygen atoms in total. The van der Waals surface area contributed by atoms with E-state index in [1.165, 1.54) is 7.11 Å². The average molecular weight is 272 g/mol. The SMILES string of the molecule is COC(=O)CCCNC(=O)Nc1cc(F)ccc1F. The monoisotopic (exact) mass is 272 g/mol. The summed E-state index contributed by atoms with van der Waals surface area (Å²) in [5.74, 6) is -1.76. The predicted molar refractivity (Wildman–Crippen MR) is 64.6 cm³/mol. The number of benzene rings is 1. The zero-order chi connectivity index (χ0) is 14.3. The number of methoxy groups -OCH3 is 1. The van der Waals surface area contributed by atoms with Gasteiger partial charge in [0.2, 0.25) is 0 Å². The van der Waals surface area contributed by atoms with Gasteiger partial charge in [-0.3, -0.25) is 4.79 Å². The first kappa shape index (κ1) is 14.9. The first-order chi connectivity index (χ1) is 9.02. The third-order valence-electron chi connectivity index (χ3n) is 2.25. The summed E-state index contributed by atoms with van der Waals surface area (Å²) in [5.41, 5.74) is -0.245. The summed E-state index contributed by atoms with van der Waals surface area (Å²) < 4.78 is 30.5. The van der Waals surface area contributed by atoms with Gasteiger partial charge in [-0.05, 0) is 18.6 Å². The molecule has 104 valence electrons. The summed E-state index contributed by atoms with van der Waals surface area (Å²) in [5, 5.41) is 4.58. The number of anilines is 1. The first-order valence-corrected chi connectivity index (χ1v) is 5.59. The van der Waals surface area contributed by atoms with Gasteiger partial charge in [-0.15, -0.1) is 0 Å². The molecular formula is C12H14F2N2O3. The lowest BCUT2D eigenvalue weighted by Crippen LogP contribution is -2.30. The van der Waals surface area contributed by atoms with Crippen LogP contribution in [0.15, 0.2) is 18.2 Å². The number of carbonyl (C=O) groups is 2. The Morgan fingerprint density at radius 1 is 1.32 bits per heavy atom. The molecule has 0 saturated carbocycles. The number of esters is 1. The third-order valence-corrected chi connectivity index (χ3v) is 2.25. The van der Waals surface area contributed by atoms with E-state index in [2.05, 4.69) is 15.4 Å². The minimum absolute atomic E-state index is 0.172. The second-order valence-electron chi connectivity index (χ2n) is 3.68. The molecule has 0 atom stereocenters. The highest BCUT2D eigenvalue weighted by Crippen LogP contribution is 2.14. The Kier molecular flexibility index (Phi) is 5.72. The molecule has 0 aliphatic heterocycles. The van der Waals surface area contributed by atoms with Gasteiger partial charge in [-0.1, -0.05) is 0 Å². The van der Waals surface area contributed by atoms with E-state index in [9.17, 15) is 18.4 Å². The lowest BCUT2D eigenvalue weighted by atomic mass is 10.3. The van der Waals surface area contributed by atoms with Crippen LogP contribution in [0.2, 0.25) is 0 Å². The summed E-state index contributed by atoms with van der Waals surface area (Å²) in [4.78, 5) is 22.2. The standard InChI is InChI=1S/C12H14F2N2O3/c1-19-11(17)3-2-6-15-12(18)16-10-7-8(13)4-5-9(10)14/h4-5,7H,2-3,6H2,1H3,(H2,15,16,18). The zero-order valence-corrected chi connectivity index (χ0v) is 10.3. The number of amides is 2. The molecular weight excluding hydrogens is 258 g/mol. The molecule has 0 saturated heterocycles. The van der Waals surface area contributed by atoms with Gasteiger partial charge in [-0.25, -0.2) is 13.6 Å². The molecule has 0 aliphatic carbocycles. The molecule has 0 fully saturated rings. The van der Waals surface area contributed by atoms with Crippen LogP contribution in [0.1, 0.15) is 12.8 Å². The van der Waals surface area contributed by atoms with E-state index in [4.69, 9.17) is 0 Å². The second-order valence-corrected chi connectivity index (χ2v) is 3.68. The van der Waals surface area contributed by atoms with Crippen LogP contribution in [0.3, 0.4) is 0 Å². The molecule has 1 rings (SSSR count). The Hall–Kier alpha value is -2.18. The van der Waals surface area contributed by atoms with Crippen LogP contribution in [-0.2, 0) is 9.53 Å². The van der Waals surface area contributed by atoms with Crippen molar-refractivity contribution in [2.24, 2.45) is 0 Å². The summed E-state index contributed by atoms with van der Waals surface area (Å²) in [6.07, 6.45) is 0.566. The molecule has 2 amide bonds. The molecule has 0 aliphatic rings. The van der Waals surface area contributed by atoms with Gasteiger partial charge in [0, 0.05) is 19.0 Å². The maximum Gasteiger partial charge on any atom is 0.319 e. The summed E-state index contributed by atoms with van der Waals surface area (Å²) in [6.45, 7) is 0.220. The van der Waals surface area contributed by atoms with Crippen LogP contribution in [-0.4, -0.2) is 25.7 Å². The van der Waals surface area contributed by atoms with Crippen molar-refractivity contribution in [3.8, 4) is 0 Å². The van der Waals surface area contributed by atoms with Crippen molar-refractivity contribution in [2.75, 3.05) is 19.0 Å². The average Bonchev–Trinajstić information content (AvgIpc) is 2.38. The van der Waals surface area contributed by atoms with E-state index in [1.54, 1.807) is 0 Å². The lowest BCUT2D eigenvalue weighted by molar-refractivity contribution is -0.140. The molecule has 7 heteroatoms. The topological polar surface area (TPSA) is 67.4 Å². The fraction of sp³-hybridized carbons (Fsp3) is 0.333. The molecule has 19 heavy (non-hydrogen) atoms. The van der Waals surface area contributed by atoms with E-state index in [0.29, 0.717) is 6.42 Å². The maximum absolute atomic E-state index is 13.2. The van der Waals surface area contributed by atoms with Gasteiger partial charge in [-0.2, -0.15) is 0 Å². The van der Waals surface area contributed by atoms with Crippen molar-refractivity contribution in [1.29, 1.82) is 0 Å². The number of ether oxygens (including phenoxy) is 1. The van der Waals surface area contributed by atoms with Crippen molar-refractivity contribution in [1.82, 2.24) is 5.32 Å². The lowest BCUT2D eigenvalue weighted by Gasteiger charge is -2.08. The minimum Gasteiger partial charge on any atom is -0.469 e. The number of rotatable bonds is 5. The van der Waals surface area contributed by atoms with Crippen molar-refractivity contribution in [2.45, 2.75) is 12.8 Å². The molecule has 1 aromatic carbocycles. The smallest absolute Gasteiger partial charge is 0.319 e. The Morgan fingerprint density at radius 2 is 2.05 bits per heavy atom. The van der Waals surface area contributed by atoms with Crippen LogP contribution < -0.4 is 10.6 Å².